The number of thioether (sulfide) groups is 1. The first kappa shape index (κ1) is 22.9. The summed E-state index contributed by atoms with van der Waals surface area (Å²) in [4.78, 5) is 26.2. The van der Waals surface area contributed by atoms with Crippen molar-refractivity contribution in [3.63, 3.8) is 0 Å². The molecule has 30 heavy (non-hydrogen) atoms. The number of amides is 2. The van der Waals surface area contributed by atoms with Crippen LogP contribution in [0.3, 0.4) is 0 Å². The third-order valence-corrected chi connectivity index (χ3v) is 6.20. The van der Waals surface area contributed by atoms with Crippen LogP contribution in [0.15, 0.2) is 41.3 Å². The van der Waals surface area contributed by atoms with Gasteiger partial charge in [0.25, 0.3) is 11.1 Å². The van der Waals surface area contributed by atoms with Crippen LogP contribution in [0.4, 0.5) is 4.79 Å². The van der Waals surface area contributed by atoms with Gasteiger partial charge in [0.05, 0.1) is 28.7 Å². The van der Waals surface area contributed by atoms with E-state index < -0.39 is 0 Å². The van der Waals surface area contributed by atoms with Crippen molar-refractivity contribution >= 4 is 63.2 Å². The number of benzene rings is 2. The minimum absolute atomic E-state index is 0.233. The molecular weight excluding hydrogens is 541 g/mol. The molecule has 0 spiro atoms. The van der Waals surface area contributed by atoms with Gasteiger partial charge in [-0.3, -0.25) is 14.5 Å². The molecule has 0 radical (unpaired) electrons. The van der Waals surface area contributed by atoms with E-state index >= 15 is 0 Å². The van der Waals surface area contributed by atoms with Crippen molar-refractivity contribution in [2.24, 2.45) is 0 Å². The Kier molecular flexibility index (Phi) is 8.04. The number of nitrogens with zero attached hydrogens (tertiary/aromatic N) is 1. The van der Waals surface area contributed by atoms with Crippen molar-refractivity contribution in [1.29, 1.82) is 0 Å². The van der Waals surface area contributed by atoms with Crippen LogP contribution >= 0.6 is 46.0 Å². The van der Waals surface area contributed by atoms with Crippen LogP contribution in [0.25, 0.3) is 6.08 Å². The zero-order valence-electron chi connectivity index (χ0n) is 16.3. The number of carbonyl (C=O) groups excluding carboxylic acids is 2. The number of ether oxygens (including phenoxy) is 3. The molecule has 2 amide bonds. The maximum absolute atomic E-state index is 12.5. The number of methoxy groups -OCH3 is 2. The Morgan fingerprint density at radius 2 is 1.90 bits per heavy atom. The molecule has 2 aromatic rings. The van der Waals surface area contributed by atoms with Crippen molar-refractivity contribution in [2.75, 3.05) is 27.4 Å². The van der Waals surface area contributed by atoms with Crippen molar-refractivity contribution in [3.8, 4) is 11.5 Å². The fourth-order valence-corrected chi connectivity index (χ4v) is 4.50. The van der Waals surface area contributed by atoms with Gasteiger partial charge >= 0.3 is 0 Å². The van der Waals surface area contributed by atoms with Crippen LogP contribution in [0.5, 0.6) is 11.5 Å². The molecular formula is C21H19ClINO5S. The maximum Gasteiger partial charge on any atom is 0.293 e. The van der Waals surface area contributed by atoms with Crippen molar-refractivity contribution in [3.05, 3.63) is 61.0 Å². The van der Waals surface area contributed by atoms with Gasteiger partial charge in [-0.2, -0.15) is 0 Å². The van der Waals surface area contributed by atoms with Gasteiger partial charge in [0.2, 0.25) is 0 Å². The van der Waals surface area contributed by atoms with Crippen molar-refractivity contribution in [1.82, 2.24) is 4.90 Å². The molecule has 2 aromatic carbocycles. The average molecular weight is 560 g/mol. The number of hydrogen-bond donors (Lipinski definition) is 0. The van der Waals surface area contributed by atoms with Gasteiger partial charge < -0.3 is 14.2 Å². The average Bonchev–Trinajstić information content (AvgIpc) is 2.99. The van der Waals surface area contributed by atoms with Crippen LogP contribution in [0.1, 0.15) is 11.1 Å². The summed E-state index contributed by atoms with van der Waals surface area (Å²) in [7, 11) is 3.09. The number of rotatable bonds is 8. The summed E-state index contributed by atoms with van der Waals surface area (Å²) >= 11 is 9.00. The Hall–Kier alpha value is -1.75. The van der Waals surface area contributed by atoms with E-state index in [-0.39, 0.29) is 17.7 Å². The first-order chi connectivity index (χ1) is 14.4. The predicted octanol–water partition coefficient (Wildman–Crippen LogP) is 5.21. The first-order valence-electron chi connectivity index (χ1n) is 8.92. The number of hydrogen-bond acceptors (Lipinski definition) is 6. The van der Waals surface area contributed by atoms with E-state index in [1.54, 1.807) is 19.3 Å². The Labute approximate surface area is 197 Å². The van der Waals surface area contributed by atoms with Crippen LogP contribution in [-0.4, -0.2) is 43.4 Å². The van der Waals surface area contributed by atoms with Gasteiger partial charge in [-0.05, 0) is 75.8 Å². The molecule has 1 heterocycles. The molecule has 9 heteroatoms. The molecule has 1 aliphatic heterocycles. The van der Waals surface area contributed by atoms with E-state index in [2.05, 4.69) is 22.6 Å². The Bertz CT molecular complexity index is 980. The number of imide groups is 1. The van der Waals surface area contributed by atoms with E-state index in [1.165, 1.54) is 12.0 Å². The lowest BCUT2D eigenvalue weighted by Crippen LogP contribution is -2.31. The zero-order valence-corrected chi connectivity index (χ0v) is 20.0. The van der Waals surface area contributed by atoms with E-state index in [4.69, 9.17) is 25.8 Å². The van der Waals surface area contributed by atoms with E-state index in [9.17, 15) is 9.59 Å². The fraction of sp³-hybridized carbons (Fsp3) is 0.238. The smallest absolute Gasteiger partial charge is 0.293 e. The molecule has 3 rings (SSSR count). The minimum atomic E-state index is -0.320. The Morgan fingerprint density at radius 1 is 1.17 bits per heavy atom. The van der Waals surface area contributed by atoms with E-state index in [1.807, 2.05) is 30.3 Å². The largest absolute Gasteiger partial charge is 0.493 e. The highest BCUT2D eigenvalue weighted by Gasteiger charge is 2.34. The van der Waals surface area contributed by atoms with Crippen molar-refractivity contribution in [2.45, 2.75) is 6.61 Å². The zero-order chi connectivity index (χ0) is 21.7. The normalized spacial score (nSPS) is 15.2. The van der Waals surface area contributed by atoms with E-state index in [0.29, 0.717) is 34.6 Å². The second-order valence-corrected chi connectivity index (χ2v) is 8.87. The summed E-state index contributed by atoms with van der Waals surface area (Å²) in [5, 5.41) is 0.370. The lowest BCUT2D eigenvalue weighted by molar-refractivity contribution is -0.123. The topological polar surface area (TPSA) is 65.1 Å². The van der Waals surface area contributed by atoms with Crippen LogP contribution in [0, 0.1) is 3.57 Å². The summed E-state index contributed by atoms with van der Waals surface area (Å²) in [5.74, 6) is 0.832. The standard InChI is InChI=1S/C21H19ClINO5S/c1-27-8-7-24-20(25)18(30-21(24)26)11-14-9-16(23)19(17(10-14)28-2)29-12-13-3-5-15(22)6-4-13/h3-6,9-11H,7-8,12H2,1-2H3/b18-11-. The second-order valence-electron chi connectivity index (χ2n) is 6.28. The second kappa shape index (κ2) is 10.5. The highest BCUT2D eigenvalue weighted by molar-refractivity contribution is 14.1. The van der Waals surface area contributed by atoms with Crippen LogP contribution in [-0.2, 0) is 16.1 Å². The molecule has 0 aliphatic carbocycles. The minimum Gasteiger partial charge on any atom is -0.493 e. The first-order valence-corrected chi connectivity index (χ1v) is 11.2. The highest BCUT2D eigenvalue weighted by atomic mass is 127. The number of halogens is 2. The molecule has 0 aromatic heterocycles. The molecule has 0 atom stereocenters. The summed E-state index contributed by atoms with van der Waals surface area (Å²) in [6, 6.07) is 11.1. The Balaban J connectivity index is 1.79. The molecule has 0 bridgehead atoms. The molecule has 6 nitrogen and oxygen atoms in total. The SMILES string of the molecule is COCCN1C(=O)S/C(=C\c2cc(I)c(OCc3ccc(Cl)cc3)c(OC)c2)C1=O. The lowest BCUT2D eigenvalue weighted by Gasteiger charge is -2.14. The van der Waals surface area contributed by atoms with Gasteiger partial charge in [0.1, 0.15) is 6.61 Å². The van der Waals surface area contributed by atoms with Gasteiger partial charge in [0.15, 0.2) is 11.5 Å². The monoisotopic (exact) mass is 559 g/mol. The van der Waals surface area contributed by atoms with Gasteiger partial charge in [-0.1, -0.05) is 23.7 Å². The summed E-state index contributed by atoms with van der Waals surface area (Å²) < 4.78 is 17.2. The van der Waals surface area contributed by atoms with Crippen molar-refractivity contribution < 1.29 is 23.8 Å². The molecule has 0 saturated carbocycles. The van der Waals surface area contributed by atoms with Gasteiger partial charge in [-0.25, -0.2) is 0 Å². The summed E-state index contributed by atoms with van der Waals surface area (Å²) in [6.45, 7) is 0.898. The Morgan fingerprint density at radius 3 is 2.57 bits per heavy atom. The number of carbonyl (C=O) groups is 2. The molecule has 1 fully saturated rings. The quantitative estimate of drug-likeness (QED) is 0.327. The highest BCUT2D eigenvalue weighted by Crippen LogP contribution is 2.37. The molecule has 1 aliphatic rings. The van der Waals surface area contributed by atoms with Gasteiger partial charge in [0, 0.05) is 12.1 Å². The molecule has 158 valence electrons. The lowest BCUT2D eigenvalue weighted by atomic mass is 10.1. The third-order valence-electron chi connectivity index (χ3n) is 4.24. The predicted molar refractivity (Wildman–Crippen MR) is 126 cm³/mol. The molecule has 1 saturated heterocycles. The summed E-state index contributed by atoms with van der Waals surface area (Å²) in [6.07, 6.45) is 1.69. The fourth-order valence-electron chi connectivity index (χ4n) is 2.73. The van der Waals surface area contributed by atoms with Crippen LogP contribution in [0.2, 0.25) is 5.02 Å². The molecule has 0 unspecified atom stereocenters. The summed E-state index contributed by atoms with van der Waals surface area (Å²) in [5.41, 5.74) is 1.72. The van der Waals surface area contributed by atoms with Crippen LogP contribution < -0.4 is 9.47 Å². The van der Waals surface area contributed by atoms with Gasteiger partial charge in [-0.15, -0.1) is 0 Å². The third kappa shape index (κ3) is 5.48. The molecule has 0 N–H and O–H groups in total. The van der Waals surface area contributed by atoms with E-state index in [0.717, 1.165) is 26.5 Å². The maximum atomic E-state index is 12.5.